The molecule has 0 spiro atoms. The van der Waals surface area contributed by atoms with E-state index in [-0.39, 0.29) is 18.3 Å². The number of amides is 2. The molecule has 6 heteroatoms. The summed E-state index contributed by atoms with van der Waals surface area (Å²) in [5.41, 5.74) is 6.51. The summed E-state index contributed by atoms with van der Waals surface area (Å²) in [6, 6.07) is 6.94. The molecule has 1 aromatic rings. The molecular formula is C13H20ClN3O2. The van der Waals surface area contributed by atoms with E-state index in [1.165, 1.54) is 0 Å². The highest BCUT2D eigenvalue weighted by molar-refractivity contribution is 5.92. The van der Waals surface area contributed by atoms with Crippen molar-refractivity contribution in [3.63, 3.8) is 0 Å². The Morgan fingerprint density at radius 2 is 2.05 bits per heavy atom. The highest BCUT2D eigenvalue weighted by atomic mass is 35.5. The van der Waals surface area contributed by atoms with Gasteiger partial charge in [-0.3, -0.25) is 9.59 Å². The van der Waals surface area contributed by atoms with E-state index < -0.39 is 5.91 Å². The molecule has 0 aliphatic heterocycles. The summed E-state index contributed by atoms with van der Waals surface area (Å²) in [4.78, 5) is 22.5. The van der Waals surface area contributed by atoms with Crippen molar-refractivity contribution in [1.29, 1.82) is 0 Å². The van der Waals surface area contributed by atoms with Crippen LogP contribution in [0.4, 0.5) is 0 Å². The zero-order valence-corrected chi connectivity index (χ0v) is 11.8. The normalized spacial score (nSPS) is 9.53. The monoisotopic (exact) mass is 285 g/mol. The SMILES string of the molecule is CNCCCC(=O)NCc1cccc(C(N)=O)c1.Cl. The first-order valence-electron chi connectivity index (χ1n) is 5.93. The van der Waals surface area contributed by atoms with E-state index in [4.69, 9.17) is 5.73 Å². The van der Waals surface area contributed by atoms with E-state index in [0.717, 1.165) is 18.5 Å². The lowest BCUT2D eigenvalue weighted by atomic mass is 10.1. The minimum Gasteiger partial charge on any atom is -0.366 e. The van der Waals surface area contributed by atoms with Gasteiger partial charge in [0.25, 0.3) is 0 Å². The molecule has 2 amide bonds. The van der Waals surface area contributed by atoms with Crippen molar-refractivity contribution >= 4 is 24.2 Å². The fraction of sp³-hybridized carbons (Fsp3) is 0.385. The third kappa shape index (κ3) is 6.79. The van der Waals surface area contributed by atoms with E-state index in [1.807, 2.05) is 13.1 Å². The maximum Gasteiger partial charge on any atom is 0.248 e. The molecule has 0 aromatic heterocycles. The van der Waals surface area contributed by atoms with Crippen LogP contribution in [-0.4, -0.2) is 25.4 Å². The predicted octanol–water partition coefficient (Wildman–Crippen LogP) is 0.823. The van der Waals surface area contributed by atoms with Gasteiger partial charge < -0.3 is 16.4 Å². The lowest BCUT2D eigenvalue weighted by Crippen LogP contribution is -2.24. The molecule has 0 heterocycles. The molecule has 0 saturated heterocycles. The molecule has 0 unspecified atom stereocenters. The number of rotatable bonds is 7. The zero-order chi connectivity index (χ0) is 13.4. The molecule has 1 rings (SSSR count). The van der Waals surface area contributed by atoms with Gasteiger partial charge >= 0.3 is 0 Å². The quantitative estimate of drug-likeness (QED) is 0.649. The molecule has 4 N–H and O–H groups in total. The number of nitrogens with two attached hydrogens (primary N) is 1. The van der Waals surface area contributed by atoms with Gasteiger partial charge in [0.05, 0.1) is 0 Å². The molecule has 106 valence electrons. The van der Waals surface area contributed by atoms with Crippen LogP contribution in [0, 0.1) is 0 Å². The Hall–Kier alpha value is -1.59. The van der Waals surface area contributed by atoms with Crippen molar-refractivity contribution in [2.24, 2.45) is 5.73 Å². The molecule has 0 radical (unpaired) electrons. The summed E-state index contributed by atoms with van der Waals surface area (Å²) in [6.07, 6.45) is 1.31. The van der Waals surface area contributed by atoms with Crippen molar-refractivity contribution in [2.75, 3.05) is 13.6 Å². The summed E-state index contributed by atoms with van der Waals surface area (Å²) >= 11 is 0. The predicted molar refractivity (Wildman–Crippen MR) is 77.2 cm³/mol. The number of nitrogens with one attached hydrogen (secondary N) is 2. The van der Waals surface area contributed by atoms with Crippen molar-refractivity contribution in [3.8, 4) is 0 Å². The number of carbonyl (C=O) groups is 2. The minimum atomic E-state index is -0.461. The molecule has 0 aliphatic rings. The summed E-state index contributed by atoms with van der Waals surface area (Å²) in [7, 11) is 1.85. The molecule has 0 saturated carbocycles. The van der Waals surface area contributed by atoms with Crippen LogP contribution in [0.1, 0.15) is 28.8 Å². The third-order valence-electron chi connectivity index (χ3n) is 2.53. The van der Waals surface area contributed by atoms with Crippen molar-refractivity contribution in [1.82, 2.24) is 10.6 Å². The highest BCUT2D eigenvalue weighted by Crippen LogP contribution is 2.04. The first kappa shape index (κ1) is 17.4. The summed E-state index contributed by atoms with van der Waals surface area (Å²) < 4.78 is 0. The van der Waals surface area contributed by atoms with E-state index in [1.54, 1.807) is 18.2 Å². The molecule has 1 aromatic carbocycles. The van der Waals surface area contributed by atoms with Crippen LogP contribution in [-0.2, 0) is 11.3 Å². The molecule has 0 aliphatic carbocycles. The van der Waals surface area contributed by atoms with Gasteiger partial charge in [0.2, 0.25) is 11.8 Å². The first-order valence-corrected chi connectivity index (χ1v) is 5.93. The second-order valence-corrected chi connectivity index (χ2v) is 4.05. The molecule has 0 fully saturated rings. The van der Waals surface area contributed by atoms with Crippen LogP contribution in [0.5, 0.6) is 0 Å². The second-order valence-electron chi connectivity index (χ2n) is 4.05. The van der Waals surface area contributed by atoms with Gasteiger partial charge in [-0.25, -0.2) is 0 Å². The Bertz CT molecular complexity index is 424. The van der Waals surface area contributed by atoms with Gasteiger partial charge in [0, 0.05) is 18.5 Å². The van der Waals surface area contributed by atoms with Gasteiger partial charge in [-0.1, -0.05) is 12.1 Å². The Balaban J connectivity index is 0.00000324. The average molecular weight is 286 g/mol. The fourth-order valence-electron chi connectivity index (χ4n) is 1.55. The lowest BCUT2D eigenvalue weighted by molar-refractivity contribution is -0.121. The molecular weight excluding hydrogens is 266 g/mol. The van der Waals surface area contributed by atoms with E-state index >= 15 is 0 Å². The van der Waals surface area contributed by atoms with E-state index in [0.29, 0.717) is 18.5 Å². The minimum absolute atomic E-state index is 0. The average Bonchev–Trinajstić information content (AvgIpc) is 2.37. The van der Waals surface area contributed by atoms with Crippen molar-refractivity contribution in [2.45, 2.75) is 19.4 Å². The molecule has 0 bridgehead atoms. The number of halogens is 1. The largest absolute Gasteiger partial charge is 0.366 e. The topological polar surface area (TPSA) is 84.2 Å². The molecule has 0 atom stereocenters. The second kappa shape index (κ2) is 9.35. The number of hydrogen-bond acceptors (Lipinski definition) is 3. The van der Waals surface area contributed by atoms with Gasteiger partial charge in [0.1, 0.15) is 0 Å². The summed E-state index contributed by atoms with van der Waals surface area (Å²) in [5, 5.41) is 5.79. The molecule has 5 nitrogen and oxygen atoms in total. The van der Waals surface area contributed by atoms with Gasteiger partial charge in [-0.05, 0) is 37.7 Å². The first-order chi connectivity index (χ1) is 8.63. The standard InChI is InChI=1S/C13H19N3O2.ClH/c1-15-7-3-6-12(17)16-9-10-4-2-5-11(8-10)13(14)18;/h2,4-5,8,15H,3,6-7,9H2,1H3,(H2,14,18)(H,16,17);1H. The highest BCUT2D eigenvalue weighted by Gasteiger charge is 2.03. The number of primary amides is 1. The number of carbonyl (C=O) groups excluding carboxylic acids is 2. The van der Waals surface area contributed by atoms with Crippen LogP contribution in [0.25, 0.3) is 0 Å². The van der Waals surface area contributed by atoms with Gasteiger partial charge in [-0.15, -0.1) is 12.4 Å². The smallest absolute Gasteiger partial charge is 0.248 e. The Labute approximate surface area is 119 Å². The van der Waals surface area contributed by atoms with Crippen LogP contribution in [0.2, 0.25) is 0 Å². The number of hydrogen-bond donors (Lipinski definition) is 3. The third-order valence-corrected chi connectivity index (χ3v) is 2.53. The fourth-order valence-corrected chi connectivity index (χ4v) is 1.55. The summed E-state index contributed by atoms with van der Waals surface area (Å²) in [6.45, 7) is 1.24. The Morgan fingerprint density at radius 1 is 1.32 bits per heavy atom. The molecule has 19 heavy (non-hydrogen) atoms. The van der Waals surface area contributed by atoms with Crippen molar-refractivity contribution in [3.05, 3.63) is 35.4 Å². The number of benzene rings is 1. The maximum atomic E-state index is 11.5. The van der Waals surface area contributed by atoms with Gasteiger partial charge in [0.15, 0.2) is 0 Å². The summed E-state index contributed by atoms with van der Waals surface area (Å²) in [5.74, 6) is -0.452. The maximum absolute atomic E-state index is 11.5. The Kier molecular flexibility index (Phi) is 8.57. The van der Waals surface area contributed by atoms with E-state index in [2.05, 4.69) is 10.6 Å². The van der Waals surface area contributed by atoms with Crippen LogP contribution < -0.4 is 16.4 Å². The zero-order valence-electron chi connectivity index (χ0n) is 10.9. The van der Waals surface area contributed by atoms with Crippen LogP contribution >= 0.6 is 12.4 Å². The lowest BCUT2D eigenvalue weighted by Gasteiger charge is -2.06. The van der Waals surface area contributed by atoms with Crippen LogP contribution in [0.3, 0.4) is 0 Å². The van der Waals surface area contributed by atoms with Crippen LogP contribution in [0.15, 0.2) is 24.3 Å². The van der Waals surface area contributed by atoms with Crippen molar-refractivity contribution < 1.29 is 9.59 Å². The van der Waals surface area contributed by atoms with E-state index in [9.17, 15) is 9.59 Å². The van der Waals surface area contributed by atoms with Gasteiger partial charge in [-0.2, -0.15) is 0 Å². The Morgan fingerprint density at radius 3 is 2.68 bits per heavy atom.